The lowest BCUT2D eigenvalue weighted by Gasteiger charge is -2.18. The molecule has 0 spiro atoms. The molecule has 0 bridgehead atoms. The number of benzene rings is 3. The Morgan fingerprint density at radius 3 is 2.47 bits per heavy atom. The molecule has 0 saturated carbocycles. The molecule has 3 aromatic rings. The van der Waals surface area contributed by atoms with Crippen LogP contribution in [0.2, 0.25) is 5.02 Å². The predicted molar refractivity (Wildman–Crippen MR) is 122 cm³/mol. The average molecular weight is 452 g/mol. The second kappa shape index (κ2) is 9.32. The molecule has 1 unspecified atom stereocenters. The second-order valence-electron chi connectivity index (χ2n) is 7.58. The van der Waals surface area contributed by atoms with Gasteiger partial charge >= 0.3 is 5.97 Å². The lowest BCUT2D eigenvalue weighted by Crippen LogP contribution is -2.24. The summed E-state index contributed by atoms with van der Waals surface area (Å²) in [6.45, 7) is 0.939. The summed E-state index contributed by atoms with van der Waals surface area (Å²) in [5.74, 6) is -0.0638. The van der Waals surface area contributed by atoms with Gasteiger partial charge in [0, 0.05) is 29.6 Å². The Bertz CT molecular complexity index is 1130. The number of amides is 1. The van der Waals surface area contributed by atoms with Crippen molar-refractivity contribution in [2.24, 2.45) is 0 Å². The highest BCUT2D eigenvalue weighted by Gasteiger charge is 2.32. The van der Waals surface area contributed by atoms with Crippen LogP contribution in [0.3, 0.4) is 0 Å². The van der Waals surface area contributed by atoms with E-state index in [9.17, 15) is 14.7 Å². The van der Waals surface area contributed by atoms with Crippen LogP contribution >= 0.6 is 11.6 Å². The molecule has 1 heterocycles. The lowest BCUT2D eigenvalue weighted by molar-refractivity contribution is -0.117. The van der Waals surface area contributed by atoms with Crippen LogP contribution in [0.4, 0.5) is 5.69 Å². The van der Waals surface area contributed by atoms with Gasteiger partial charge in [0.25, 0.3) is 0 Å². The Kier molecular flexibility index (Phi) is 6.32. The Morgan fingerprint density at radius 2 is 1.81 bits per heavy atom. The largest absolute Gasteiger partial charge is 0.496 e. The van der Waals surface area contributed by atoms with Crippen molar-refractivity contribution in [1.29, 1.82) is 0 Å². The van der Waals surface area contributed by atoms with Gasteiger partial charge < -0.3 is 19.5 Å². The number of hydrogen-bond donors (Lipinski definition) is 1. The third kappa shape index (κ3) is 4.70. The topological polar surface area (TPSA) is 76.1 Å². The third-order valence-corrected chi connectivity index (χ3v) is 5.77. The molecule has 1 saturated heterocycles. The Balaban J connectivity index is 1.43. The van der Waals surface area contributed by atoms with E-state index in [0.717, 1.165) is 16.8 Å². The van der Waals surface area contributed by atoms with Crippen LogP contribution in [0.25, 0.3) is 0 Å². The van der Waals surface area contributed by atoms with E-state index < -0.39 is 5.97 Å². The van der Waals surface area contributed by atoms with Crippen LogP contribution in [-0.2, 0) is 11.4 Å². The van der Waals surface area contributed by atoms with Gasteiger partial charge in [-0.2, -0.15) is 0 Å². The van der Waals surface area contributed by atoms with Gasteiger partial charge in [-0.05, 0) is 59.7 Å². The van der Waals surface area contributed by atoms with Gasteiger partial charge in [0.2, 0.25) is 5.91 Å². The quantitative estimate of drug-likeness (QED) is 0.537. The lowest BCUT2D eigenvalue weighted by atomic mass is 9.96. The number of anilines is 1. The molecule has 1 N–H and O–H groups in total. The number of aromatic carboxylic acids is 1. The normalized spacial score (nSPS) is 15.6. The fourth-order valence-corrected chi connectivity index (χ4v) is 3.91. The molecule has 1 fully saturated rings. The highest BCUT2D eigenvalue weighted by molar-refractivity contribution is 6.30. The minimum Gasteiger partial charge on any atom is -0.496 e. The molecular formula is C25H22ClNO5. The van der Waals surface area contributed by atoms with Crippen molar-refractivity contribution in [1.82, 2.24) is 0 Å². The number of ether oxygens (including phenoxy) is 2. The molecule has 32 heavy (non-hydrogen) atoms. The molecule has 7 heteroatoms. The standard InChI is InChI=1S/C25H22ClNO5/c1-31-23-12-17(4-11-22(23)25(29)30)18-13-24(28)27(14-18)20-7-9-21(10-8-20)32-15-16-2-5-19(26)6-3-16/h2-12,18H,13-15H2,1H3,(H,29,30). The number of nitrogens with zero attached hydrogens (tertiary/aromatic N) is 1. The maximum absolute atomic E-state index is 12.7. The van der Waals surface area contributed by atoms with Gasteiger partial charge in [0.15, 0.2) is 0 Å². The van der Waals surface area contributed by atoms with Crippen LogP contribution in [-0.4, -0.2) is 30.6 Å². The van der Waals surface area contributed by atoms with Crippen molar-refractivity contribution < 1.29 is 24.2 Å². The fraction of sp³-hybridized carbons (Fsp3) is 0.200. The highest BCUT2D eigenvalue weighted by atomic mass is 35.5. The molecule has 1 amide bonds. The number of carbonyl (C=O) groups excluding carboxylic acids is 1. The molecule has 0 radical (unpaired) electrons. The van der Waals surface area contributed by atoms with E-state index >= 15 is 0 Å². The smallest absolute Gasteiger partial charge is 0.339 e. The molecule has 0 aliphatic carbocycles. The van der Waals surface area contributed by atoms with E-state index in [1.54, 1.807) is 17.0 Å². The second-order valence-corrected chi connectivity index (χ2v) is 8.02. The number of carboxylic acids is 1. The number of halogens is 1. The first-order valence-corrected chi connectivity index (χ1v) is 10.5. The maximum atomic E-state index is 12.7. The summed E-state index contributed by atoms with van der Waals surface area (Å²) < 4.78 is 11.0. The van der Waals surface area contributed by atoms with Crippen molar-refractivity contribution in [3.05, 3.63) is 88.4 Å². The molecular weight excluding hydrogens is 430 g/mol. The molecule has 6 nitrogen and oxygen atoms in total. The Hall–Kier alpha value is -3.51. The zero-order chi connectivity index (χ0) is 22.7. The van der Waals surface area contributed by atoms with E-state index in [-0.39, 0.29) is 17.4 Å². The monoisotopic (exact) mass is 451 g/mol. The molecule has 1 atom stereocenters. The summed E-state index contributed by atoms with van der Waals surface area (Å²) in [4.78, 5) is 25.7. The highest BCUT2D eigenvalue weighted by Crippen LogP contribution is 2.34. The van der Waals surface area contributed by atoms with Crippen molar-refractivity contribution in [3.63, 3.8) is 0 Å². The molecule has 164 valence electrons. The van der Waals surface area contributed by atoms with Crippen LogP contribution in [0, 0.1) is 0 Å². The van der Waals surface area contributed by atoms with Crippen molar-refractivity contribution in [3.8, 4) is 11.5 Å². The number of carboxylic acid groups (broad SMARTS) is 1. The zero-order valence-electron chi connectivity index (χ0n) is 17.5. The van der Waals surface area contributed by atoms with Crippen LogP contribution in [0.5, 0.6) is 11.5 Å². The van der Waals surface area contributed by atoms with Crippen LogP contribution < -0.4 is 14.4 Å². The summed E-state index contributed by atoms with van der Waals surface area (Å²) in [5, 5.41) is 9.95. The summed E-state index contributed by atoms with van der Waals surface area (Å²) >= 11 is 5.90. The summed E-state index contributed by atoms with van der Waals surface area (Å²) in [6.07, 6.45) is 0.352. The van der Waals surface area contributed by atoms with Crippen LogP contribution in [0.1, 0.15) is 33.8 Å². The Morgan fingerprint density at radius 1 is 1.09 bits per heavy atom. The van der Waals surface area contributed by atoms with Crippen molar-refractivity contribution >= 4 is 29.2 Å². The van der Waals surface area contributed by atoms with E-state index in [4.69, 9.17) is 21.1 Å². The average Bonchev–Trinajstić information content (AvgIpc) is 3.20. The van der Waals surface area contributed by atoms with Gasteiger partial charge in [0.1, 0.15) is 23.7 Å². The summed E-state index contributed by atoms with van der Waals surface area (Å²) in [7, 11) is 1.44. The number of carbonyl (C=O) groups is 2. The first-order valence-electron chi connectivity index (χ1n) is 10.1. The van der Waals surface area contributed by atoms with E-state index in [2.05, 4.69) is 0 Å². The SMILES string of the molecule is COc1cc(C2CC(=O)N(c3ccc(OCc4ccc(Cl)cc4)cc3)C2)ccc1C(=O)O. The maximum Gasteiger partial charge on any atom is 0.339 e. The molecule has 4 rings (SSSR count). The van der Waals surface area contributed by atoms with Crippen LogP contribution in [0.15, 0.2) is 66.7 Å². The van der Waals surface area contributed by atoms with E-state index in [1.165, 1.54) is 13.2 Å². The third-order valence-electron chi connectivity index (χ3n) is 5.52. The van der Waals surface area contributed by atoms with E-state index in [0.29, 0.717) is 36.1 Å². The predicted octanol–water partition coefficient (Wildman–Crippen LogP) is 5.15. The van der Waals surface area contributed by atoms with Gasteiger partial charge in [-0.1, -0.05) is 29.8 Å². The molecule has 3 aromatic carbocycles. The molecule has 1 aliphatic rings. The Labute approximate surface area is 191 Å². The summed E-state index contributed by atoms with van der Waals surface area (Å²) in [5.41, 5.74) is 2.79. The first-order chi connectivity index (χ1) is 15.4. The minimum absolute atomic E-state index is 0.0195. The zero-order valence-corrected chi connectivity index (χ0v) is 18.2. The molecule has 0 aromatic heterocycles. The number of hydrogen-bond acceptors (Lipinski definition) is 4. The van der Waals surface area contributed by atoms with Gasteiger partial charge in [-0.3, -0.25) is 4.79 Å². The van der Waals surface area contributed by atoms with Gasteiger partial charge in [-0.25, -0.2) is 4.79 Å². The number of methoxy groups -OCH3 is 1. The number of rotatable bonds is 7. The van der Waals surface area contributed by atoms with E-state index in [1.807, 2.05) is 48.5 Å². The summed E-state index contributed by atoms with van der Waals surface area (Å²) in [6, 6.07) is 19.9. The van der Waals surface area contributed by atoms with Gasteiger partial charge in [0.05, 0.1) is 7.11 Å². The minimum atomic E-state index is -1.05. The van der Waals surface area contributed by atoms with Crippen molar-refractivity contribution in [2.75, 3.05) is 18.6 Å². The van der Waals surface area contributed by atoms with Crippen molar-refractivity contribution in [2.45, 2.75) is 18.9 Å². The first kappa shape index (κ1) is 21.7. The molecule has 1 aliphatic heterocycles. The van der Waals surface area contributed by atoms with Gasteiger partial charge in [-0.15, -0.1) is 0 Å². The fourth-order valence-electron chi connectivity index (χ4n) is 3.79.